The molecule has 7 heteroatoms. The van der Waals surface area contributed by atoms with Gasteiger partial charge in [-0.3, -0.25) is 4.79 Å². The van der Waals surface area contributed by atoms with E-state index in [9.17, 15) is 4.79 Å². The van der Waals surface area contributed by atoms with Gasteiger partial charge in [0.25, 0.3) is 5.91 Å². The van der Waals surface area contributed by atoms with Crippen LogP contribution in [0.25, 0.3) is 0 Å². The summed E-state index contributed by atoms with van der Waals surface area (Å²) in [7, 11) is 1.77. The fraction of sp³-hybridized carbons (Fsp3) is 0.353. The molecule has 0 radical (unpaired) electrons. The second-order valence-electron chi connectivity index (χ2n) is 5.55. The van der Waals surface area contributed by atoms with Crippen LogP contribution < -0.4 is 5.32 Å². The van der Waals surface area contributed by atoms with Gasteiger partial charge in [0.2, 0.25) is 5.95 Å². The zero-order valence-corrected chi connectivity index (χ0v) is 15.4. The number of hydrogen-bond acceptors (Lipinski definition) is 4. The summed E-state index contributed by atoms with van der Waals surface area (Å²) in [6.07, 6.45) is 1.98. The van der Waals surface area contributed by atoms with Crippen molar-refractivity contribution in [2.45, 2.75) is 26.7 Å². The highest BCUT2D eigenvalue weighted by Gasteiger charge is 2.15. The average Bonchev–Trinajstić information content (AvgIpc) is 2.54. The Bertz CT molecular complexity index is 737. The fourth-order valence-electron chi connectivity index (χ4n) is 2.14. The topological polar surface area (TPSA) is 58.1 Å². The van der Waals surface area contributed by atoms with Crippen molar-refractivity contribution in [3.8, 4) is 0 Å². The number of benzene rings is 1. The molecule has 1 heterocycles. The summed E-state index contributed by atoms with van der Waals surface area (Å²) in [5.41, 5.74) is 1.63. The van der Waals surface area contributed by atoms with Crippen LogP contribution >= 0.6 is 23.2 Å². The quantitative estimate of drug-likeness (QED) is 0.804. The predicted molar refractivity (Wildman–Crippen MR) is 98.4 cm³/mol. The van der Waals surface area contributed by atoms with Crippen molar-refractivity contribution in [1.82, 2.24) is 14.9 Å². The number of amides is 1. The normalized spacial score (nSPS) is 10.5. The van der Waals surface area contributed by atoms with Crippen LogP contribution in [0, 0.1) is 6.92 Å². The number of carbonyl (C=O) groups excluding carboxylic acids is 1. The van der Waals surface area contributed by atoms with E-state index in [-0.39, 0.29) is 5.91 Å². The minimum Gasteiger partial charge on any atom is -0.340 e. The van der Waals surface area contributed by atoms with Crippen molar-refractivity contribution < 1.29 is 4.79 Å². The minimum absolute atomic E-state index is 0.130. The minimum atomic E-state index is -0.130. The van der Waals surface area contributed by atoms with Crippen LogP contribution in [0.5, 0.6) is 0 Å². The molecule has 0 aliphatic rings. The van der Waals surface area contributed by atoms with E-state index in [1.54, 1.807) is 36.2 Å². The van der Waals surface area contributed by atoms with Crippen molar-refractivity contribution in [3.05, 3.63) is 45.7 Å². The van der Waals surface area contributed by atoms with Crippen LogP contribution in [0.1, 0.15) is 35.9 Å². The molecule has 1 aromatic heterocycles. The molecule has 0 saturated heterocycles. The van der Waals surface area contributed by atoms with Crippen LogP contribution in [0.15, 0.2) is 24.3 Å². The number of carbonyl (C=O) groups is 1. The number of unbranched alkanes of at least 4 members (excludes halogenated alkanes) is 1. The number of hydrogen-bond donors (Lipinski definition) is 1. The van der Waals surface area contributed by atoms with E-state index in [4.69, 9.17) is 23.2 Å². The summed E-state index contributed by atoms with van der Waals surface area (Å²) in [6, 6.07) is 6.75. The molecule has 0 saturated carbocycles. The van der Waals surface area contributed by atoms with Crippen LogP contribution in [-0.4, -0.2) is 34.4 Å². The molecule has 0 bridgehead atoms. The zero-order valence-electron chi connectivity index (χ0n) is 13.9. The molecule has 0 unspecified atom stereocenters. The molecule has 0 atom stereocenters. The van der Waals surface area contributed by atoms with Gasteiger partial charge in [-0.05, 0) is 37.6 Å². The number of aryl methyl sites for hydroxylation is 1. The summed E-state index contributed by atoms with van der Waals surface area (Å²) in [5, 5.41) is 4.07. The Hall–Kier alpha value is -1.85. The molecule has 1 amide bonds. The molecule has 24 heavy (non-hydrogen) atoms. The summed E-state index contributed by atoms with van der Waals surface area (Å²) in [5.74, 6) is 0.181. The lowest BCUT2D eigenvalue weighted by Crippen LogP contribution is -2.28. The average molecular weight is 367 g/mol. The van der Waals surface area contributed by atoms with Crippen LogP contribution in [0.2, 0.25) is 10.0 Å². The maximum Gasteiger partial charge on any atom is 0.272 e. The van der Waals surface area contributed by atoms with E-state index < -0.39 is 0 Å². The highest BCUT2D eigenvalue weighted by molar-refractivity contribution is 6.35. The van der Waals surface area contributed by atoms with Gasteiger partial charge in [0.05, 0.1) is 10.7 Å². The van der Waals surface area contributed by atoms with Gasteiger partial charge in [-0.1, -0.05) is 36.5 Å². The molecular weight excluding hydrogens is 347 g/mol. The van der Waals surface area contributed by atoms with Crippen molar-refractivity contribution in [1.29, 1.82) is 0 Å². The summed E-state index contributed by atoms with van der Waals surface area (Å²) >= 11 is 12.1. The summed E-state index contributed by atoms with van der Waals surface area (Å²) in [4.78, 5) is 22.8. The van der Waals surface area contributed by atoms with Gasteiger partial charge in [0, 0.05) is 24.3 Å². The molecule has 1 N–H and O–H groups in total. The smallest absolute Gasteiger partial charge is 0.272 e. The number of halogens is 2. The Kier molecular flexibility index (Phi) is 6.40. The molecule has 0 aliphatic carbocycles. The van der Waals surface area contributed by atoms with Gasteiger partial charge in [-0.25, -0.2) is 9.97 Å². The number of anilines is 2. The van der Waals surface area contributed by atoms with Crippen LogP contribution in [0.3, 0.4) is 0 Å². The zero-order chi connectivity index (χ0) is 17.7. The van der Waals surface area contributed by atoms with E-state index in [0.29, 0.717) is 39.6 Å². The third-order valence-electron chi connectivity index (χ3n) is 3.44. The molecule has 128 valence electrons. The molecule has 2 aromatic rings. The maximum absolute atomic E-state index is 12.5. The van der Waals surface area contributed by atoms with Gasteiger partial charge in [0.1, 0.15) is 5.69 Å². The van der Waals surface area contributed by atoms with Crippen molar-refractivity contribution in [3.63, 3.8) is 0 Å². The summed E-state index contributed by atoms with van der Waals surface area (Å²) < 4.78 is 0. The number of nitrogens with one attached hydrogen (secondary N) is 1. The molecule has 1 aromatic carbocycles. The lowest BCUT2D eigenvalue weighted by molar-refractivity contribution is 0.0787. The number of rotatable bonds is 6. The fourth-order valence-corrected chi connectivity index (χ4v) is 2.48. The second kappa shape index (κ2) is 8.31. The SMILES string of the molecule is CCCCN(C)C(=O)c1cc(C)nc(Nc2cc(Cl)ccc2Cl)n1. The third kappa shape index (κ3) is 4.82. The lowest BCUT2D eigenvalue weighted by Gasteiger charge is -2.17. The van der Waals surface area contributed by atoms with Crippen molar-refractivity contribution in [2.75, 3.05) is 18.9 Å². The highest BCUT2D eigenvalue weighted by Crippen LogP contribution is 2.27. The Labute approximate surface area is 152 Å². The molecular formula is C17H20Cl2N4O. The third-order valence-corrected chi connectivity index (χ3v) is 4.01. The van der Waals surface area contributed by atoms with E-state index in [1.807, 2.05) is 6.92 Å². The van der Waals surface area contributed by atoms with Crippen LogP contribution in [0.4, 0.5) is 11.6 Å². The first-order valence-corrected chi connectivity index (χ1v) is 8.49. The molecule has 5 nitrogen and oxygen atoms in total. The van der Waals surface area contributed by atoms with Crippen molar-refractivity contribution in [2.24, 2.45) is 0 Å². The number of aromatic nitrogens is 2. The van der Waals surface area contributed by atoms with E-state index >= 15 is 0 Å². The first-order chi connectivity index (χ1) is 11.4. The Morgan fingerprint density at radius 2 is 2.00 bits per heavy atom. The van der Waals surface area contributed by atoms with E-state index in [2.05, 4.69) is 22.2 Å². The lowest BCUT2D eigenvalue weighted by atomic mass is 10.2. The molecule has 2 rings (SSSR count). The Balaban J connectivity index is 2.25. The van der Waals surface area contributed by atoms with Gasteiger partial charge in [-0.2, -0.15) is 0 Å². The largest absolute Gasteiger partial charge is 0.340 e. The Morgan fingerprint density at radius 1 is 1.25 bits per heavy atom. The van der Waals surface area contributed by atoms with E-state index in [0.717, 1.165) is 12.8 Å². The van der Waals surface area contributed by atoms with Gasteiger partial charge in [0.15, 0.2) is 0 Å². The predicted octanol–water partition coefficient (Wildman–Crippen LogP) is 4.71. The van der Waals surface area contributed by atoms with Gasteiger partial charge < -0.3 is 10.2 Å². The number of nitrogens with zero attached hydrogens (tertiary/aromatic N) is 3. The van der Waals surface area contributed by atoms with Gasteiger partial charge in [-0.15, -0.1) is 0 Å². The first kappa shape index (κ1) is 18.5. The maximum atomic E-state index is 12.5. The van der Waals surface area contributed by atoms with Crippen molar-refractivity contribution >= 4 is 40.7 Å². The first-order valence-electron chi connectivity index (χ1n) is 7.74. The van der Waals surface area contributed by atoms with Crippen LogP contribution in [-0.2, 0) is 0 Å². The summed E-state index contributed by atoms with van der Waals surface area (Å²) in [6.45, 7) is 4.60. The van der Waals surface area contributed by atoms with Gasteiger partial charge >= 0.3 is 0 Å². The highest BCUT2D eigenvalue weighted by atomic mass is 35.5. The molecule has 0 aliphatic heterocycles. The van der Waals surface area contributed by atoms with E-state index in [1.165, 1.54) is 0 Å². The molecule has 0 fully saturated rings. The second-order valence-corrected chi connectivity index (χ2v) is 6.39. The Morgan fingerprint density at radius 3 is 2.71 bits per heavy atom. The molecule has 0 spiro atoms. The monoisotopic (exact) mass is 366 g/mol. The standard InChI is InChI=1S/C17H20Cl2N4O/c1-4-5-8-23(3)16(24)15-9-11(2)20-17(22-15)21-14-10-12(18)6-7-13(14)19/h6-7,9-10H,4-5,8H2,1-3H3,(H,20,21,22).